The Balaban J connectivity index is 1.23. The van der Waals surface area contributed by atoms with Gasteiger partial charge in [0, 0.05) is 11.6 Å². The van der Waals surface area contributed by atoms with Crippen LogP contribution in [0.15, 0.2) is 83.6 Å². The molecule has 1 fully saturated rings. The molecule has 0 saturated carbocycles. The number of carbonyl (C=O) groups is 2. The van der Waals surface area contributed by atoms with Gasteiger partial charge >= 0.3 is 12.4 Å². The number of aryl methyl sites for hydroxylation is 1. The molecule has 3 aromatic carbocycles. The number of hydrogen-bond donors (Lipinski definition) is 1. The zero-order chi connectivity index (χ0) is 33.9. The Morgan fingerprint density at radius 3 is 2.43 bits per heavy atom. The van der Waals surface area contributed by atoms with E-state index >= 15 is 0 Å². The van der Waals surface area contributed by atoms with Crippen molar-refractivity contribution in [3.8, 4) is 22.8 Å². The molecule has 0 radical (unpaired) electrons. The molecule has 9 nitrogen and oxygen atoms in total. The number of urea groups is 1. The number of aromatic nitrogens is 3. The van der Waals surface area contributed by atoms with E-state index in [4.69, 9.17) is 0 Å². The zero-order valence-electron chi connectivity index (χ0n) is 26.4. The minimum Gasteiger partial charge on any atom is -0.406 e. The van der Waals surface area contributed by atoms with Crippen LogP contribution < -0.4 is 15.0 Å². The Labute approximate surface area is 274 Å². The van der Waals surface area contributed by atoms with Crippen molar-refractivity contribution in [2.75, 3.05) is 10.7 Å². The predicted octanol–water partition coefficient (Wildman–Crippen LogP) is 7.90. The molecule has 0 aliphatic carbocycles. The molecule has 0 bridgehead atoms. The van der Waals surface area contributed by atoms with Crippen molar-refractivity contribution in [2.24, 2.45) is 4.99 Å². The number of nitrogens with one attached hydrogen (secondary N) is 1. The van der Waals surface area contributed by atoms with Crippen molar-refractivity contribution in [2.45, 2.75) is 52.9 Å². The van der Waals surface area contributed by atoms with Crippen LogP contribution in [0.1, 0.15) is 50.3 Å². The first-order valence-corrected chi connectivity index (χ1v) is 15.8. The maximum atomic E-state index is 13.0. The number of amides is 3. The largest absolute Gasteiger partial charge is 0.573 e. The van der Waals surface area contributed by atoms with Crippen molar-refractivity contribution >= 4 is 40.6 Å². The molecule has 4 aromatic rings. The molecular weight excluding hydrogens is 629 g/mol. The van der Waals surface area contributed by atoms with Crippen molar-refractivity contribution in [1.29, 1.82) is 0 Å². The van der Waals surface area contributed by atoms with E-state index in [0.29, 0.717) is 16.7 Å². The van der Waals surface area contributed by atoms with E-state index < -0.39 is 12.4 Å². The Bertz CT molecular complexity index is 1830. The van der Waals surface area contributed by atoms with Crippen LogP contribution in [0.3, 0.4) is 0 Å². The molecule has 244 valence electrons. The van der Waals surface area contributed by atoms with Crippen LogP contribution in [0, 0.1) is 6.92 Å². The van der Waals surface area contributed by atoms with Gasteiger partial charge in [0.1, 0.15) is 12.1 Å². The summed E-state index contributed by atoms with van der Waals surface area (Å²) in [4.78, 5) is 36.0. The van der Waals surface area contributed by atoms with Gasteiger partial charge in [-0.25, -0.2) is 14.5 Å². The summed E-state index contributed by atoms with van der Waals surface area (Å²) in [7, 11) is 0. The molecule has 1 saturated heterocycles. The second-order valence-corrected chi connectivity index (χ2v) is 12.3. The molecule has 1 aromatic heterocycles. The number of aliphatic imine (C=N–C) groups is 1. The molecule has 13 heteroatoms. The average Bonchev–Trinajstić information content (AvgIpc) is 3.64. The Morgan fingerprint density at radius 1 is 1.06 bits per heavy atom. The minimum absolute atomic E-state index is 0.114. The highest BCUT2D eigenvalue weighted by molar-refractivity contribution is 8.15. The first kappa shape index (κ1) is 33.5. The minimum atomic E-state index is -4.76. The van der Waals surface area contributed by atoms with E-state index in [-0.39, 0.29) is 29.4 Å². The smallest absolute Gasteiger partial charge is 0.406 e. The maximum absolute atomic E-state index is 13.0. The lowest BCUT2D eigenvalue weighted by Crippen LogP contribution is -2.35. The van der Waals surface area contributed by atoms with Gasteiger partial charge in [-0.15, -0.1) is 18.3 Å². The summed E-state index contributed by atoms with van der Waals surface area (Å²) in [5.41, 5.74) is 5.82. The fourth-order valence-corrected chi connectivity index (χ4v) is 5.73. The van der Waals surface area contributed by atoms with Crippen molar-refractivity contribution in [3.63, 3.8) is 0 Å². The number of ether oxygens (including phenoxy) is 1. The number of anilines is 1. The van der Waals surface area contributed by atoms with Crippen molar-refractivity contribution in [3.05, 3.63) is 95.3 Å². The molecule has 47 heavy (non-hydrogen) atoms. The Morgan fingerprint density at radius 2 is 1.77 bits per heavy atom. The van der Waals surface area contributed by atoms with E-state index in [1.807, 2.05) is 69.3 Å². The van der Waals surface area contributed by atoms with Gasteiger partial charge in [-0.3, -0.25) is 9.69 Å². The zero-order valence-corrected chi connectivity index (χ0v) is 27.2. The highest BCUT2D eigenvalue weighted by atomic mass is 32.2. The normalized spacial score (nSPS) is 15.4. The van der Waals surface area contributed by atoms with Gasteiger partial charge in [-0.2, -0.15) is 4.99 Å². The first-order valence-electron chi connectivity index (χ1n) is 14.8. The quantitative estimate of drug-likeness (QED) is 0.206. The molecule has 3 amide bonds. The summed E-state index contributed by atoms with van der Waals surface area (Å²) in [5, 5.41) is 7.69. The summed E-state index contributed by atoms with van der Waals surface area (Å²) in [6.07, 6.45) is -1.34. The second kappa shape index (κ2) is 13.8. The first-order chi connectivity index (χ1) is 22.3. The number of benzene rings is 3. The summed E-state index contributed by atoms with van der Waals surface area (Å²) >= 11 is 1.24. The lowest BCUT2D eigenvalue weighted by Gasteiger charge is -2.22. The molecule has 1 aliphatic heterocycles. The van der Waals surface area contributed by atoms with Crippen LogP contribution >= 0.6 is 11.8 Å². The molecule has 1 N–H and O–H groups in total. The van der Waals surface area contributed by atoms with Crippen LogP contribution in [0.4, 0.5) is 23.7 Å². The fourth-order valence-electron chi connectivity index (χ4n) is 4.87. The highest BCUT2D eigenvalue weighted by Gasteiger charge is 2.33. The lowest BCUT2D eigenvalue weighted by molar-refractivity contribution is -0.274. The maximum Gasteiger partial charge on any atom is 0.573 e. The van der Waals surface area contributed by atoms with Crippen LogP contribution in [0.2, 0.25) is 0 Å². The van der Waals surface area contributed by atoms with Crippen LogP contribution in [-0.2, 0) is 4.79 Å². The van der Waals surface area contributed by atoms with Crippen LogP contribution in [0.5, 0.6) is 5.75 Å². The van der Waals surface area contributed by atoms with E-state index in [2.05, 4.69) is 39.0 Å². The standard InChI is InChI=1S/C34H33F3N6O3S/c1-20(2)28-15-6-21(3)16-29(28)43-30(44)18-47-33(43)40-32(45)39-23(5)22(4)17-24-7-9-25(10-8-24)31-38-19-42(41-31)26-11-13-27(14-12-26)46-34(35,36)37/h6-17,19-20,23H,18H2,1-5H3,(H,39,45)/b22-17-,40-33?. The van der Waals surface area contributed by atoms with Crippen molar-refractivity contribution < 1.29 is 27.5 Å². The number of halogens is 3. The van der Waals surface area contributed by atoms with Gasteiger partial charge in [0.15, 0.2) is 11.0 Å². The van der Waals surface area contributed by atoms with E-state index in [9.17, 15) is 22.8 Å². The lowest BCUT2D eigenvalue weighted by atomic mass is 9.99. The Hall–Kier alpha value is -4.91. The van der Waals surface area contributed by atoms with Crippen LogP contribution in [-0.4, -0.2) is 50.0 Å². The predicted molar refractivity (Wildman–Crippen MR) is 178 cm³/mol. The number of rotatable bonds is 8. The summed E-state index contributed by atoms with van der Waals surface area (Å²) in [6, 6.07) is 17.9. The number of amidine groups is 1. The molecule has 2 heterocycles. The highest BCUT2D eigenvalue weighted by Crippen LogP contribution is 2.34. The molecule has 0 spiro atoms. The number of thioether (sulfide) groups is 1. The summed E-state index contributed by atoms with van der Waals surface area (Å²) < 4.78 is 42.7. The third kappa shape index (κ3) is 8.28. The topological polar surface area (TPSA) is 102 Å². The molecule has 1 unspecified atom stereocenters. The van der Waals surface area contributed by atoms with Gasteiger partial charge < -0.3 is 10.1 Å². The Kier molecular flexibility index (Phi) is 9.85. The summed E-state index contributed by atoms with van der Waals surface area (Å²) in [6.45, 7) is 9.85. The van der Waals surface area contributed by atoms with Gasteiger partial charge in [-0.05, 0) is 73.7 Å². The van der Waals surface area contributed by atoms with Gasteiger partial charge in [0.2, 0.25) is 5.91 Å². The molecule has 5 rings (SSSR count). The summed E-state index contributed by atoms with van der Waals surface area (Å²) in [5.74, 6) is 0.405. The number of carbonyl (C=O) groups excluding carboxylic acids is 2. The van der Waals surface area contributed by atoms with Gasteiger partial charge in [0.25, 0.3) is 0 Å². The third-order valence-corrected chi connectivity index (χ3v) is 8.35. The molecular formula is C34H33F3N6O3S. The average molecular weight is 663 g/mol. The van der Waals surface area contributed by atoms with Gasteiger partial charge in [-0.1, -0.05) is 73.7 Å². The number of hydrogen-bond acceptors (Lipinski definition) is 6. The van der Waals surface area contributed by atoms with E-state index in [0.717, 1.165) is 33.5 Å². The third-order valence-electron chi connectivity index (χ3n) is 7.42. The fraction of sp³-hybridized carbons (Fsp3) is 0.265. The van der Waals surface area contributed by atoms with Gasteiger partial charge in [0.05, 0.1) is 17.1 Å². The second-order valence-electron chi connectivity index (χ2n) is 11.4. The number of alkyl halides is 3. The monoisotopic (exact) mass is 662 g/mol. The number of nitrogens with zero attached hydrogens (tertiary/aromatic N) is 5. The van der Waals surface area contributed by atoms with E-state index in [1.165, 1.54) is 47.0 Å². The van der Waals surface area contributed by atoms with Crippen LogP contribution in [0.25, 0.3) is 23.2 Å². The molecule has 1 aliphatic rings. The SMILES string of the molecule is C/C(=C/c1ccc(-c2ncn(-c3ccc(OC(F)(F)F)cc3)n2)cc1)C(C)NC(=O)N=C1SCC(=O)N1c1cc(C)ccc1C(C)C. The van der Waals surface area contributed by atoms with Crippen molar-refractivity contribution in [1.82, 2.24) is 20.1 Å². The molecule has 1 atom stereocenters. The van der Waals surface area contributed by atoms with E-state index in [1.54, 1.807) is 4.90 Å².